The standard InChI is InChI=1S/C19H16N4OS2/c24-18(16-12-26-19(22-16)17-2-1-9-25-17)21-10-14-3-5-15(6-4-14)11-23-8-7-20-13-23/h1-9,12-13H,10-11H2,(H,21,24). The lowest BCUT2D eigenvalue weighted by Gasteiger charge is -2.06. The van der Waals surface area contributed by atoms with Crippen molar-refractivity contribution < 1.29 is 4.79 Å². The maximum absolute atomic E-state index is 12.3. The predicted molar refractivity (Wildman–Crippen MR) is 104 cm³/mol. The van der Waals surface area contributed by atoms with Gasteiger partial charge in [-0.05, 0) is 22.6 Å². The molecule has 5 nitrogen and oxygen atoms in total. The molecule has 4 aromatic rings. The summed E-state index contributed by atoms with van der Waals surface area (Å²) in [6.07, 6.45) is 5.51. The molecule has 130 valence electrons. The number of carbonyl (C=O) groups is 1. The second kappa shape index (κ2) is 7.63. The van der Waals surface area contributed by atoms with E-state index in [4.69, 9.17) is 0 Å². The van der Waals surface area contributed by atoms with Crippen molar-refractivity contribution in [3.63, 3.8) is 0 Å². The highest BCUT2D eigenvalue weighted by molar-refractivity contribution is 7.20. The van der Waals surface area contributed by atoms with Crippen molar-refractivity contribution in [3.05, 3.63) is 82.7 Å². The number of rotatable bonds is 6. The molecule has 1 amide bonds. The first-order valence-electron chi connectivity index (χ1n) is 8.09. The summed E-state index contributed by atoms with van der Waals surface area (Å²) in [4.78, 5) is 21.9. The first-order valence-corrected chi connectivity index (χ1v) is 9.85. The van der Waals surface area contributed by atoms with Crippen LogP contribution in [0.1, 0.15) is 21.6 Å². The van der Waals surface area contributed by atoms with Crippen LogP contribution in [0.3, 0.4) is 0 Å². The summed E-state index contributed by atoms with van der Waals surface area (Å²) in [6, 6.07) is 12.2. The Morgan fingerprint density at radius 2 is 1.96 bits per heavy atom. The van der Waals surface area contributed by atoms with Crippen molar-refractivity contribution in [2.45, 2.75) is 13.1 Å². The average molecular weight is 380 g/mol. The van der Waals surface area contributed by atoms with Crippen molar-refractivity contribution in [1.29, 1.82) is 0 Å². The molecule has 3 heterocycles. The fraction of sp³-hybridized carbons (Fsp3) is 0.105. The van der Waals surface area contributed by atoms with Crippen LogP contribution in [0.4, 0.5) is 0 Å². The molecule has 0 aliphatic carbocycles. The summed E-state index contributed by atoms with van der Waals surface area (Å²) in [5.74, 6) is -0.147. The molecule has 7 heteroatoms. The topological polar surface area (TPSA) is 59.8 Å². The highest BCUT2D eigenvalue weighted by atomic mass is 32.1. The molecule has 26 heavy (non-hydrogen) atoms. The number of hydrogen-bond acceptors (Lipinski definition) is 5. The van der Waals surface area contributed by atoms with Crippen molar-refractivity contribution in [1.82, 2.24) is 19.9 Å². The van der Waals surface area contributed by atoms with Gasteiger partial charge in [0.05, 0.1) is 11.2 Å². The van der Waals surface area contributed by atoms with Gasteiger partial charge >= 0.3 is 0 Å². The molecule has 0 spiro atoms. The number of aromatic nitrogens is 3. The van der Waals surface area contributed by atoms with E-state index in [1.54, 1.807) is 29.2 Å². The van der Waals surface area contributed by atoms with Crippen LogP contribution >= 0.6 is 22.7 Å². The Kier molecular flexibility index (Phi) is 4.90. The Bertz CT molecular complexity index is 973. The highest BCUT2D eigenvalue weighted by Gasteiger charge is 2.12. The number of thiophene rings is 1. The smallest absolute Gasteiger partial charge is 0.271 e. The number of thiazole rings is 1. The molecule has 0 unspecified atom stereocenters. The Hall–Kier alpha value is -2.77. The molecule has 4 rings (SSSR count). The largest absolute Gasteiger partial charge is 0.347 e. The van der Waals surface area contributed by atoms with Gasteiger partial charge in [-0.25, -0.2) is 9.97 Å². The molecule has 0 atom stereocenters. The molecule has 0 radical (unpaired) electrons. The number of nitrogens with one attached hydrogen (secondary N) is 1. The van der Waals surface area contributed by atoms with E-state index in [-0.39, 0.29) is 5.91 Å². The molecule has 0 bridgehead atoms. The molecule has 0 saturated heterocycles. The fourth-order valence-corrected chi connectivity index (χ4v) is 4.13. The highest BCUT2D eigenvalue weighted by Crippen LogP contribution is 2.27. The van der Waals surface area contributed by atoms with Crippen molar-refractivity contribution in [2.24, 2.45) is 0 Å². The molecule has 0 aliphatic rings. The first kappa shape index (κ1) is 16.7. The average Bonchev–Trinajstić information content (AvgIpc) is 3.42. The fourth-order valence-electron chi connectivity index (χ4n) is 2.52. The van der Waals surface area contributed by atoms with E-state index in [9.17, 15) is 4.79 Å². The molecule has 3 aromatic heterocycles. The summed E-state index contributed by atoms with van der Waals surface area (Å²) in [5.41, 5.74) is 2.72. The van der Waals surface area contributed by atoms with Crippen LogP contribution in [0.15, 0.2) is 65.9 Å². The zero-order chi connectivity index (χ0) is 17.8. The van der Waals surface area contributed by atoms with E-state index in [2.05, 4.69) is 27.4 Å². The van der Waals surface area contributed by atoms with Crippen molar-refractivity contribution >= 4 is 28.6 Å². The van der Waals surface area contributed by atoms with Crippen LogP contribution in [-0.2, 0) is 13.1 Å². The van der Waals surface area contributed by atoms with Crippen LogP contribution in [0.2, 0.25) is 0 Å². The van der Waals surface area contributed by atoms with Crippen LogP contribution in [-0.4, -0.2) is 20.4 Å². The lowest BCUT2D eigenvalue weighted by molar-refractivity contribution is 0.0946. The number of benzene rings is 1. The predicted octanol–water partition coefficient (Wildman–Crippen LogP) is 4.05. The van der Waals surface area contributed by atoms with E-state index in [1.165, 1.54) is 16.9 Å². The summed E-state index contributed by atoms with van der Waals surface area (Å²) in [5, 5.41) is 7.63. The van der Waals surface area contributed by atoms with E-state index in [0.29, 0.717) is 12.2 Å². The lowest BCUT2D eigenvalue weighted by Crippen LogP contribution is -2.23. The number of amides is 1. The van der Waals surface area contributed by atoms with Crippen LogP contribution in [0.25, 0.3) is 9.88 Å². The lowest BCUT2D eigenvalue weighted by atomic mass is 10.1. The Morgan fingerprint density at radius 3 is 2.69 bits per heavy atom. The first-order chi connectivity index (χ1) is 12.8. The molecule has 0 saturated carbocycles. The number of hydrogen-bond donors (Lipinski definition) is 1. The van der Waals surface area contributed by atoms with E-state index in [0.717, 1.165) is 22.0 Å². The number of nitrogens with zero attached hydrogens (tertiary/aromatic N) is 3. The van der Waals surface area contributed by atoms with Gasteiger partial charge < -0.3 is 9.88 Å². The van der Waals surface area contributed by atoms with Gasteiger partial charge in [0.15, 0.2) is 0 Å². The minimum atomic E-state index is -0.147. The molecular weight excluding hydrogens is 364 g/mol. The Morgan fingerprint density at radius 1 is 1.12 bits per heavy atom. The molecule has 0 aliphatic heterocycles. The Balaban J connectivity index is 1.34. The third-order valence-corrected chi connectivity index (χ3v) is 5.75. The minimum absolute atomic E-state index is 0.147. The third-order valence-electron chi connectivity index (χ3n) is 3.87. The summed E-state index contributed by atoms with van der Waals surface area (Å²) in [7, 11) is 0. The molecular formula is C19H16N4OS2. The second-order valence-electron chi connectivity index (χ2n) is 5.75. The van der Waals surface area contributed by atoms with Gasteiger partial charge in [-0.3, -0.25) is 4.79 Å². The maximum atomic E-state index is 12.3. The molecule has 0 fully saturated rings. The number of imidazole rings is 1. The third kappa shape index (κ3) is 3.89. The van der Waals surface area contributed by atoms with Crippen molar-refractivity contribution in [2.75, 3.05) is 0 Å². The van der Waals surface area contributed by atoms with Gasteiger partial charge in [0, 0.05) is 30.9 Å². The zero-order valence-corrected chi connectivity index (χ0v) is 15.5. The Labute approximate surface area is 159 Å². The summed E-state index contributed by atoms with van der Waals surface area (Å²) in [6.45, 7) is 1.27. The monoisotopic (exact) mass is 380 g/mol. The molecule has 1 N–H and O–H groups in total. The maximum Gasteiger partial charge on any atom is 0.271 e. The van der Waals surface area contributed by atoms with E-state index in [1.807, 2.05) is 40.4 Å². The summed E-state index contributed by atoms with van der Waals surface area (Å²) < 4.78 is 2.02. The van der Waals surface area contributed by atoms with Gasteiger partial charge in [0.1, 0.15) is 10.7 Å². The van der Waals surface area contributed by atoms with Gasteiger partial charge in [-0.1, -0.05) is 30.3 Å². The van der Waals surface area contributed by atoms with E-state index >= 15 is 0 Å². The van der Waals surface area contributed by atoms with Gasteiger partial charge in [-0.2, -0.15) is 0 Å². The van der Waals surface area contributed by atoms with Crippen molar-refractivity contribution in [3.8, 4) is 9.88 Å². The minimum Gasteiger partial charge on any atom is -0.347 e. The quantitative estimate of drug-likeness (QED) is 0.549. The van der Waals surface area contributed by atoms with Gasteiger partial charge in [0.2, 0.25) is 0 Å². The normalized spacial score (nSPS) is 10.8. The number of carbonyl (C=O) groups excluding carboxylic acids is 1. The molecule has 1 aromatic carbocycles. The SMILES string of the molecule is O=C(NCc1ccc(Cn2ccnc2)cc1)c1csc(-c2cccs2)n1. The van der Waals surface area contributed by atoms with Gasteiger partial charge in [-0.15, -0.1) is 22.7 Å². The van der Waals surface area contributed by atoms with Gasteiger partial charge in [0.25, 0.3) is 5.91 Å². The van der Waals surface area contributed by atoms with Crippen LogP contribution in [0.5, 0.6) is 0 Å². The van der Waals surface area contributed by atoms with Crippen LogP contribution < -0.4 is 5.32 Å². The summed E-state index contributed by atoms with van der Waals surface area (Å²) >= 11 is 3.12. The van der Waals surface area contributed by atoms with Crippen LogP contribution in [0, 0.1) is 0 Å². The van der Waals surface area contributed by atoms with E-state index < -0.39 is 0 Å². The zero-order valence-electron chi connectivity index (χ0n) is 13.8. The second-order valence-corrected chi connectivity index (χ2v) is 7.56.